The van der Waals surface area contributed by atoms with E-state index in [0.717, 1.165) is 11.1 Å². The Bertz CT molecular complexity index is 1020. The molecule has 3 rings (SSSR count). The molecule has 0 aliphatic heterocycles. The zero-order valence-electron chi connectivity index (χ0n) is 15.0. The number of rotatable bonds is 7. The fourth-order valence-corrected chi connectivity index (χ4v) is 3.95. The Morgan fingerprint density at radius 1 is 0.786 bits per heavy atom. The minimum absolute atomic E-state index is 0.0534. The van der Waals surface area contributed by atoms with Gasteiger partial charge < -0.3 is 10.4 Å². The molecule has 5 nitrogen and oxygen atoms in total. The summed E-state index contributed by atoms with van der Waals surface area (Å²) in [5.41, 5.74) is 2.76. The minimum Gasteiger partial charge on any atom is -0.478 e. The van der Waals surface area contributed by atoms with Gasteiger partial charge in [0.1, 0.15) is 0 Å². The van der Waals surface area contributed by atoms with Gasteiger partial charge in [-0.2, -0.15) is 0 Å². The highest BCUT2D eigenvalue weighted by atomic mass is 32.2. The molecule has 1 atom stereocenters. The molecule has 0 bridgehead atoms. The van der Waals surface area contributed by atoms with Gasteiger partial charge in [0.15, 0.2) is 0 Å². The van der Waals surface area contributed by atoms with Crippen LogP contribution in [-0.2, 0) is 22.3 Å². The number of amides is 1. The highest BCUT2D eigenvalue weighted by Crippen LogP contribution is 2.16. The highest BCUT2D eigenvalue weighted by molar-refractivity contribution is 7.83. The first-order valence-electron chi connectivity index (χ1n) is 8.64. The SMILES string of the molecule is O=C(O)c1cccc(C(=O)Nc2cccc(C[S@@](=O)Cc3ccccc3)c2)c1. The first-order chi connectivity index (χ1) is 13.5. The number of carboxylic acids is 1. The predicted octanol–water partition coefficient (Wildman–Crippen LogP) is 4.09. The molecule has 0 spiro atoms. The van der Waals surface area contributed by atoms with E-state index in [1.807, 2.05) is 36.4 Å². The summed E-state index contributed by atoms with van der Waals surface area (Å²) >= 11 is 0. The molecule has 0 saturated heterocycles. The summed E-state index contributed by atoms with van der Waals surface area (Å²) in [5.74, 6) is -0.629. The van der Waals surface area contributed by atoms with E-state index >= 15 is 0 Å². The molecule has 0 radical (unpaired) electrons. The average Bonchev–Trinajstić information content (AvgIpc) is 2.69. The number of carbonyl (C=O) groups is 2. The molecule has 0 aliphatic rings. The zero-order chi connectivity index (χ0) is 19.9. The molecular formula is C22H19NO4S. The predicted molar refractivity (Wildman–Crippen MR) is 110 cm³/mol. The van der Waals surface area contributed by atoms with Gasteiger partial charge in [0, 0.05) is 33.6 Å². The molecule has 3 aromatic rings. The number of carbonyl (C=O) groups excluding carboxylic acids is 1. The van der Waals surface area contributed by atoms with Gasteiger partial charge in [0.2, 0.25) is 0 Å². The van der Waals surface area contributed by atoms with E-state index in [2.05, 4.69) is 5.32 Å². The number of hydrogen-bond acceptors (Lipinski definition) is 3. The van der Waals surface area contributed by atoms with Gasteiger partial charge in [-0.25, -0.2) is 4.79 Å². The summed E-state index contributed by atoms with van der Waals surface area (Å²) in [4.78, 5) is 23.5. The molecule has 0 unspecified atom stereocenters. The van der Waals surface area contributed by atoms with E-state index < -0.39 is 22.7 Å². The fourth-order valence-electron chi connectivity index (χ4n) is 2.73. The largest absolute Gasteiger partial charge is 0.478 e. The normalized spacial score (nSPS) is 11.6. The van der Waals surface area contributed by atoms with Gasteiger partial charge in [-0.05, 0) is 41.5 Å². The molecular weight excluding hydrogens is 374 g/mol. The van der Waals surface area contributed by atoms with Crippen LogP contribution < -0.4 is 5.32 Å². The van der Waals surface area contributed by atoms with E-state index in [4.69, 9.17) is 5.11 Å². The second kappa shape index (κ2) is 9.10. The fraction of sp³-hybridized carbons (Fsp3) is 0.0909. The van der Waals surface area contributed by atoms with Crippen LogP contribution in [0.4, 0.5) is 5.69 Å². The summed E-state index contributed by atoms with van der Waals surface area (Å²) in [6.07, 6.45) is 0. The maximum atomic E-state index is 12.4. The van der Waals surface area contributed by atoms with E-state index in [9.17, 15) is 13.8 Å². The van der Waals surface area contributed by atoms with Gasteiger partial charge in [-0.1, -0.05) is 48.5 Å². The average molecular weight is 393 g/mol. The van der Waals surface area contributed by atoms with Crippen LogP contribution in [-0.4, -0.2) is 21.2 Å². The van der Waals surface area contributed by atoms with Crippen LogP contribution in [0.25, 0.3) is 0 Å². The van der Waals surface area contributed by atoms with Crippen molar-refractivity contribution in [3.8, 4) is 0 Å². The Balaban J connectivity index is 1.66. The summed E-state index contributed by atoms with van der Waals surface area (Å²) < 4.78 is 12.4. The minimum atomic E-state index is -1.09. The van der Waals surface area contributed by atoms with Gasteiger partial charge in [0.25, 0.3) is 5.91 Å². The number of anilines is 1. The number of hydrogen-bond donors (Lipinski definition) is 2. The van der Waals surface area contributed by atoms with Crippen molar-refractivity contribution in [1.82, 2.24) is 0 Å². The second-order valence-corrected chi connectivity index (χ2v) is 7.71. The highest BCUT2D eigenvalue weighted by Gasteiger charge is 2.10. The maximum Gasteiger partial charge on any atom is 0.335 e. The van der Waals surface area contributed by atoms with Crippen LogP contribution in [0.2, 0.25) is 0 Å². The smallest absolute Gasteiger partial charge is 0.335 e. The molecule has 0 saturated carbocycles. The number of benzene rings is 3. The van der Waals surface area contributed by atoms with Gasteiger partial charge in [-0.15, -0.1) is 0 Å². The quantitative estimate of drug-likeness (QED) is 0.633. The third kappa shape index (κ3) is 5.37. The third-order valence-electron chi connectivity index (χ3n) is 4.05. The van der Waals surface area contributed by atoms with E-state index in [1.54, 1.807) is 24.3 Å². The monoisotopic (exact) mass is 393 g/mol. The first kappa shape index (κ1) is 19.5. The molecule has 0 aromatic heterocycles. The van der Waals surface area contributed by atoms with Crippen LogP contribution in [0, 0.1) is 0 Å². The molecule has 0 aliphatic carbocycles. The lowest BCUT2D eigenvalue weighted by Gasteiger charge is -2.08. The lowest BCUT2D eigenvalue weighted by molar-refractivity contribution is 0.0697. The molecule has 1 amide bonds. The molecule has 0 heterocycles. The van der Waals surface area contributed by atoms with Crippen LogP contribution in [0.1, 0.15) is 31.8 Å². The van der Waals surface area contributed by atoms with E-state index in [0.29, 0.717) is 17.2 Å². The van der Waals surface area contributed by atoms with Crippen LogP contribution in [0.5, 0.6) is 0 Å². The maximum absolute atomic E-state index is 12.4. The molecule has 28 heavy (non-hydrogen) atoms. The van der Waals surface area contributed by atoms with Crippen LogP contribution in [0.15, 0.2) is 78.9 Å². The summed E-state index contributed by atoms with van der Waals surface area (Å²) in [7, 11) is -1.07. The Hall–Kier alpha value is -3.25. The van der Waals surface area contributed by atoms with E-state index in [-0.39, 0.29) is 11.1 Å². The Morgan fingerprint density at radius 3 is 2.18 bits per heavy atom. The van der Waals surface area contributed by atoms with Crippen LogP contribution >= 0.6 is 0 Å². The summed E-state index contributed by atoms with van der Waals surface area (Å²) in [6, 6.07) is 22.7. The van der Waals surface area contributed by atoms with Gasteiger partial charge >= 0.3 is 5.97 Å². The Kier molecular flexibility index (Phi) is 6.34. The number of nitrogens with one attached hydrogen (secondary N) is 1. The number of aromatic carboxylic acids is 1. The molecule has 3 aromatic carbocycles. The van der Waals surface area contributed by atoms with Crippen molar-refractivity contribution in [3.63, 3.8) is 0 Å². The van der Waals surface area contributed by atoms with Gasteiger partial charge in [0.05, 0.1) is 5.56 Å². The third-order valence-corrected chi connectivity index (χ3v) is 5.37. The molecule has 142 valence electrons. The van der Waals surface area contributed by atoms with Crippen molar-refractivity contribution >= 4 is 28.4 Å². The molecule has 6 heteroatoms. The van der Waals surface area contributed by atoms with Gasteiger partial charge in [-0.3, -0.25) is 9.00 Å². The topological polar surface area (TPSA) is 83.5 Å². The van der Waals surface area contributed by atoms with Crippen LogP contribution in [0.3, 0.4) is 0 Å². The van der Waals surface area contributed by atoms with Crippen molar-refractivity contribution in [1.29, 1.82) is 0 Å². The summed E-state index contributed by atoms with van der Waals surface area (Å²) in [5, 5.41) is 11.8. The van der Waals surface area contributed by atoms with E-state index in [1.165, 1.54) is 18.2 Å². The Morgan fingerprint density at radius 2 is 1.43 bits per heavy atom. The first-order valence-corrected chi connectivity index (χ1v) is 10.1. The Labute approximate surface area is 165 Å². The molecule has 2 N–H and O–H groups in total. The number of carboxylic acid groups (broad SMARTS) is 1. The molecule has 0 fully saturated rings. The van der Waals surface area contributed by atoms with Crippen molar-refractivity contribution in [2.24, 2.45) is 0 Å². The van der Waals surface area contributed by atoms with Crippen molar-refractivity contribution in [2.45, 2.75) is 11.5 Å². The zero-order valence-corrected chi connectivity index (χ0v) is 15.8. The van der Waals surface area contributed by atoms with Crippen molar-refractivity contribution in [2.75, 3.05) is 5.32 Å². The summed E-state index contributed by atoms with van der Waals surface area (Å²) in [6.45, 7) is 0. The van der Waals surface area contributed by atoms with Crippen molar-refractivity contribution in [3.05, 3.63) is 101 Å². The van der Waals surface area contributed by atoms with Crippen molar-refractivity contribution < 1.29 is 18.9 Å². The lowest BCUT2D eigenvalue weighted by Crippen LogP contribution is -2.13. The second-order valence-electron chi connectivity index (χ2n) is 6.25. The lowest BCUT2D eigenvalue weighted by atomic mass is 10.1. The standard InChI is InChI=1S/C22H19NO4S/c24-21(18-9-5-10-19(13-18)22(25)26)23-20-11-4-8-17(12-20)15-28(27)14-16-6-2-1-3-7-16/h1-13H,14-15H2,(H,23,24)(H,25,26)/t28-/m0/s1.